The van der Waals surface area contributed by atoms with Gasteiger partial charge in [-0.1, -0.05) is 24.3 Å². The molecule has 184 valence electrons. The molecule has 36 heavy (non-hydrogen) atoms. The summed E-state index contributed by atoms with van der Waals surface area (Å²) >= 11 is 1.46. The highest BCUT2D eigenvalue weighted by Crippen LogP contribution is 2.37. The Morgan fingerprint density at radius 1 is 1.03 bits per heavy atom. The fourth-order valence-corrected chi connectivity index (χ4v) is 5.95. The zero-order chi connectivity index (χ0) is 24.6. The molecule has 8 nitrogen and oxygen atoms in total. The number of piperazine rings is 1. The molecule has 2 aromatic carbocycles. The third-order valence-electron chi connectivity index (χ3n) is 6.86. The SMILES string of the molecule is Cc1c(C(=O)N2CCN(Cc3ccc4c(c3)OCO4)CC2)sc2ncnc(N(C)c3ccccc3)c12. The van der Waals surface area contributed by atoms with E-state index in [1.807, 2.05) is 66.2 Å². The zero-order valence-corrected chi connectivity index (χ0v) is 21.1. The van der Waals surface area contributed by atoms with Crippen molar-refractivity contribution < 1.29 is 14.3 Å². The van der Waals surface area contributed by atoms with Crippen molar-refractivity contribution in [3.63, 3.8) is 0 Å². The Morgan fingerprint density at radius 2 is 1.81 bits per heavy atom. The minimum atomic E-state index is 0.0755. The van der Waals surface area contributed by atoms with Gasteiger partial charge >= 0.3 is 0 Å². The van der Waals surface area contributed by atoms with Crippen molar-refractivity contribution in [1.29, 1.82) is 0 Å². The van der Waals surface area contributed by atoms with Gasteiger partial charge in [0.25, 0.3) is 5.91 Å². The first-order valence-electron chi connectivity index (χ1n) is 12.0. The molecule has 0 N–H and O–H groups in total. The van der Waals surface area contributed by atoms with E-state index >= 15 is 0 Å². The lowest BCUT2D eigenvalue weighted by molar-refractivity contribution is 0.0632. The third kappa shape index (κ3) is 4.14. The third-order valence-corrected chi connectivity index (χ3v) is 8.05. The van der Waals surface area contributed by atoms with Gasteiger partial charge in [-0.25, -0.2) is 9.97 Å². The van der Waals surface area contributed by atoms with Gasteiger partial charge in [0.05, 0.1) is 10.3 Å². The Bertz CT molecular complexity index is 1420. The van der Waals surface area contributed by atoms with Crippen LogP contribution in [0.25, 0.3) is 10.2 Å². The number of carbonyl (C=O) groups excluding carboxylic acids is 1. The highest BCUT2D eigenvalue weighted by molar-refractivity contribution is 7.20. The molecule has 2 aliphatic rings. The molecule has 0 unspecified atom stereocenters. The number of benzene rings is 2. The Kier molecular flexibility index (Phi) is 5.94. The van der Waals surface area contributed by atoms with Crippen molar-refractivity contribution in [1.82, 2.24) is 19.8 Å². The fourth-order valence-electron chi connectivity index (χ4n) is 4.84. The molecular weight excluding hydrogens is 474 g/mol. The van der Waals surface area contributed by atoms with E-state index in [1.54, 1.807) is 6.33 Å². The predicted molar refractivity (Wildman–Crippen MR) is 140 cm³/mol. The molecule has 1 amide bonds. The smallest absolute Gasteiger partial charge is 0.264 e. The maximum atomic E-state index is 13.6. The van der Waals surface area contributed by atoms with E-state index < -0.39 is 0 Å². The molecule has 4 aromatic rings. The molecule has 1 fully saturated rings. The number of aryl methyl sites for hydroxylation is 1. The summed E-state index contributed by atoms with van der Waals surface area (Å²) in [6, 6.07) is 16.2. The Morgan fingerprint density at radius 3 is 2.61 bits per heavy atom. The van der Waals surface area contributed by atoms with Gasteiger partial charge in [0.1, 0.15) is 17.0 Å². The molecule has 0 bridgehead atoms. The summed E-state index contributed by atoms with van der Waals surface area (Å²) in [4.78, 5) is 30.6. The molecule has 0 atom stereocenters. The van der Waals surface area contributed by atoms with Crippen molar-refractivity contribution in [2.75, 3.05) is 44.9 Å². The molecule has 6 rings (SSSR count). The van der Waals surface area contributed by atoms with Crippen LogP contribution in [-0.2, 0) is 6.54 Å². The average Bonchev–Trinajstić information content (AvgIpc) is 3.53. The van der Waals surface area contributed by atoms with Crippen LogP contribution < -0.4 is 14.4 Å². The summed E-state index contributed by atoms with van der Waals surface area (Å²) < 4.78 is 10.9. The van der Waals surface area contributed by atoms with Crippen LogP contribution in [0, 0.1) is 6.92 Å². The number of nitrogens with zero attached hydrogens (tertiary/aromatic N) is 5. The van der Waals surface area contributed by atoms with E-state index in [4.69, 9.17) is 9.47 Å². The topological polar surface area (TPSA) is 71.0 Å². The molecular formula is C27H27N5O3S. The predicted octanol–water partition coefficient (Wildman–Crippen LogP) is 4.45. The molecule has 0 aliphatic carbocycles. The molecule has 0 spiro atoms. The number of thiophene rings is 1. The molecule has 0 saturated carbocycles. The minimum Gasteiger partial charge on any atom is -0.454 e. The summed E-state index contributed by atoms with van der Waals surface area (Å²) in [6.45, 7) is 6.15. The van der Waals surface area contributed by atoms with E-state index in [1.165, 1.54) is 16.9 Å². The van der Waals surface area contributed by atoms with Crippen LogP contribution in [-0.4, -0.2) is 65.7 Å². The monoisotopic (exact) mass is 501 g/mol. The summed E-state index contributed by atoms with van der Waals surface area (Å²) in [5.74, 6) is 2.50. The number of ether oxygens (including phenoxy) is 2. The van der Waals surface area contributed by atoms with E-state index in [0.717, 1.165) is 63.3 Å². The van der Waals surface area contributed by atoms with Crippen LogP contribution >= 0.6 is 11.3 Å². The molecule has 9 heteroatoms. The van der Waals surface area contributed by atoms with Gasteiger partial charge in [-0.05, 0) is 42.3 Å². The summed E-state index contributed by atoms with van der Waals surface area (Å²) in [5, 5.41) is 0.943. The molecule has 0 radical (unpaired) electrons. The second kappa shape index (κ2) is 9.40. The fraction of sp³-hybridized carbons (Fsp3) is 0.296. The first-order chi connectivity index (χ1) is 17.6. The van der Waals surface area contributed by atoms with Crippen molar-refractivity contribution in [3.05, 3.63) is 70.9 Å². The number of anilines is 2. The van der Waals surface area contributed by atoms with Crippen molar-refractivity contribution in [2.24, 2.45) is 0 Å². The van der Waals surface area contributed by atoms with E-state index in [2.05, 4.69) is 20.9 Å². The lowest BCUT2D eigenvalue weighted by Crippen LogP contribution is -2.48. The molecule has 2 aromatic heterocycles. The normalized spacial score (nSPS) is 15.4. The highest BCUT2D eigenvalue weighted by atomic mass is 32.1. The summed E-state index contributed by atoms with van der Waals surface area (Å²) in [7, 11) is 2.00. The number of hydrogen-bond donors (Lipinski definition) is 0. The number of aromatic nitrogens is 2. The second-order valence-electron chi connectivity index (χ2n) is 9.08. The standard InChI is InChI=1S/C27H27N5O3S/c1-18-23-25(30(2)20-6-4-3-5-7-20)28-16-29-26(23)36-24(18)27(33)32-12-10-31(11-13-32)15-19-8-9-21-22(14-19)35-17-34-21/h3-9,14,16H,10-13,15,17H2,1-2H3. The number of hydrogen-bond acceptors (Lipinski definition) is 8. The summed E-state index contributed by atoms with van der Waals surface area (Å²) in [6.07, 6.45) is 1.58. The summed E-state index contributed by atoms with van der Waals surface area (Å²) in [5.41, 5.74) is 3.17. The van der Waals surface area contributed by atoms with Crippen molar-refractivity contribution >= 4 is 39.0 Å². The lowest BCUT2D eigenvalue weighted by Gasteiger charge is -2.34. The van der Waals surface area contributed by atoms with Gasteiger partial charge < -0.3 is 19.3 Å². The van der Waals surface area contributed by atoms with E-state index in [9.17, 15) is 4.79 Å². The van der Waals surface area contributed by atoms with Gasteiger partial charge in [-0.3, -0.25) is 9.69 Å². The van der Waals surface area contributed by atoms with Crippen LogP contribution in [0.2, 0.25) is 0 Å². The number of rotatable bonds is 5. The van der Waals surface area contributed by atoms with Gasteiger partial charge in [0, 0.05) is 45.5 Å². The first-order valence-corrected chi connectivity index (χ1v) is 12.8. The van der Waals surface area contributed by atoms with E-state index in [-0.39, 0.29) is 12.7 Å². The Labute approximate surface area is 213 Å². The minimum absolute atomic E-state index is 0.0755. The lowest BCUT2D eigenvalue weighted by atomic mass is 10.1. The Hall–Kier alpha value is -3.69. The quantitative estimate of drug-likeness (QED) is 0.400. The first kappa shape index (κ1) is 22.8. The van der Waals surface area contributed by atoms with Crippen molar-refractivity contribution in [2.45, 2.75) is 13.5 Å². The van der Waals surface area contributed by atoms with Gasteiger partial charge in [-0.15, -0.1) is 11.3 Å². The van der Waals surface area contributed by atoms with E-state index in [0.29, 0.717) is 13.1 Å². The van der Waals surface area contributed by atoms with Gasteiger partial charge in [0.15, 0.2) is 11.5 Å². The largest absolute Gasteiger partial charge is 0.454 e. The van der Waals surface area contributed by atoms with Crippen LogP contribution in [0.1, 0.15) is 20.8 Å². The van der Waals surface area contributed by atoms with Gasteiger partial charge in [-0.2, -0.15) is 0 Å². The maximum absolute atomic E-state index is 13.6. The Balaban J connectivity index is 1.17. The molecule has 4 heterocycles. The van der Waals surface area contributed by atoms with Gasteiger partial charge in [0.2, 0.25) is 6.79 Å². The molecule has 1 saturated heterocycles. The zero-order valence-electron chi connectivity index (χ0n) is 20.3. The van der Waals surface area contributed by atoms with Crippen LogP contribution in [0.4, 0.5) is 11.5 Å². The number of para-hydroxylation sites is 1. The van der Waals surface area contributed by atoms with Crippen LogP contribution in [0.5, 0.6) is 11.5 Å². The maximum Gasteiger partial charge on any atom is 0.264 e. The van der Waals surface area contributed by atoms with Crippen molar-refractivity contribution in [3.8, 4) is 11.5 Å². The highest BCUT2D eigenvalue weighted by Gasteiger charge is 2.27. The average molecular weight is 502 g/mol. The second-order valence-corrected chi connectivity index (χ2v) is 10.1. The number of carbonyl (C=O) groups is 1. The van der Waals surface area contributed by atoms with Crippen LogP contribution in [0.3, 0.4) is 0 Å². The molecule has 2 aliphatic heterocycles. The number of amides is 1. The number of fused-ring (bicyclic) bond motifs is 2. The van der Waals surface area contributed by atoms with Crippen LogP contribution in [0.15, 0.2) is 54.9 Å².